The summed E-state index contributed by atoms with van der Waals surface area (Å²) in [6.45, 7) is 8.95. The van der Waals surface area contributed by atoms with Crippen LogP contribution in [0.15, 0.2) is 24.3 Å². The van der Waals surface area contributed by atoms with Crippen molar-refractivity contribution in [2.45, 2.75) is 39.5 Å². The zero-order chi connectivity index (χ0) is 13.4. The van der Waals surface area contributed by atoms with Crippen LogP contribution in [0.4, 0.5) is 0 Å². The molecule has 18 heavy (non-hydrogen) atoms. The summed E-state index contributed by atoms with van der Waals surface area (Å²) in [6.07, 6.45) is 0. The minimum absolute atomic E-state index is 0.0872. The van der Waals surface area contributed by atoms with Gasteiger partial charge < -0.3 is 14.8 Å². The first-order chi connectivity index (χ1) is 8.51. The van der Waals surface area contributed by atoms with Crippen LogP contribution in [-0.2, 0) is 22.6 Å². The molecule has 0 unspecified atom stereocenters. The Kier molecular flexibility index (Phi) is 6.33. The van der Waals surface area contributed by atoms with Gasteiger partial charge in [-0.2, -0.15) is 0 Å². The summed E-state index contributed by atoms with van der Waals surface area (Å²) in [4.78, 5) is 0. The molecule has 1 aromatic carbocycles. The van der Waals surface area contributed by atoms with E-state index in [1.807, 2.05) is 27.8 Å². The van der Waals surface area contributed by atoms with Gasteiger partial charge in [-0.3, -0.25) is 0 Å². The van der Waals surface area contributed by atoms with E-state index < -0.39 is 0 Å². The number of hydrogen-bond donors (Lipinski definition) is 1. The summed E-state index contributed by atoms with van der Waals surface area (Å²) in [7, 11) is 1.95. The van der Waals surface area contributed by atoms with Gasteiger partial charge in [-0.15, -0.1) is 0 Å². The van der Waals surface area contributed by atoms with Gasteiger partial charge in [0.25, 0.3) is 0 Å². The molecule has 3 heteroatoms. The predicted molar refractivity (Wildman–Crippen MR) is 74.6 cm³/mol. The standard InChI is InChI=1S/C15H25NO2/c1-15(2,3)18-9-8-17-12-14-7-5-6-13(10-14)11-16-4/h5-7,10,16H,8-9,11-12H2,1-4H3. The maximum atomic E-state index is 5.60. The maximum Gasteiger partial charge on any atom is 0.0718 e. The van der Waals surface area contributed by atoms with E-state index in [-0.39, 0.29) is 5.60 Å². The van der Waals surface area contributed by atoms with Crippen molar-refractivity contribution in [1.29, 1.82) is 0 Å². The Morgan fingerprint density at radius 3 is 2.50 bits per heavy atom. The van der Waals surface area contributed by atoms with Gasteiger partial charge in [-0.05, 0) is 38.9 Å². The summed E-state index contributed by atoms with van der Waals surface area (Å²) in [5, 5.41) is 3.14. The first kappa shape index (κ1) is 15.2. The summed E-state index contributed by atoms with van der Waals surface area (Å²) >= 11 is 0. The van der Waals surface area contributed by atoms with E-state index >= 15 is 0 Å². The SMILES string of the molecule is CNCc1cccc(COCCOC(C)(C)C)c1. The Balaban J connectivity index is 2.24. The lowest BCUT2D eigenvalue weighted by Gasteiger charge is -2.19. The second kappa shape index (κ2) is 7.52. The van der Waals surface area contributed by atoms with Crippen LogP contribution < -0.4 is 5.32 Å². The van der Waals surface area contributed by atoms with Gasteiger partial charge in [0, 0.05) is 6.54 Å². The fraction of sp³-hybridized carbons (Fsp3) is 0.600. The van der Waals surface area contributed by atoms with E-state index in [1.165, 1.54) is 11.1 Å². The third kappa shape index (κ3) is 6.74. The van der Waals surface area contributed by atoms with Gasteiger partial charge in [-0.25, -0.2) is 0 Å². The Hall–Kier alpha value is -0.900. The Labute approximate surface area is 110 Å². The number of ether oxygens (including phenoxy) is 2. The molecule has 0 aliphatic rings. The highest BCUT2D eigenvalue weighted by molar-refractivity contribution is 5.22. The molecule has 0 radical (unpaired) electrons. The van der Waals surface area contributed by atoms with Gasteiger partial charge >= 0.3 is 0 Å². The molecule has 0 aliphatic carbocycles. The van der Waals surface area contributed by atoms with Gasteiger partial charge in [0.2, 0.25) is 0 Å². The van der Waals surface area contributed by atoms with Crippen molar-refractivity contribution in [2.24, 2.45) is 0 Å². The van der Waals surface area contributed by atoms with Crippen LogP contribution in [0.3, 0.4) is 0 Å². The first-order valence-corrected chi connectivity index (χ1v) is 6.45. The minimum atomic E-state index is -0.0872. The van der Waals surface area contributed by atoms with Crippen LogP contribution in [0.5, 0.6) is 0 Å². The van der Waals surface area contributed by atoms with Crippen molar-refractivity contribution >= 4 is 0 Å². The van der Waals surface area contributed by atoms with E-state index in [0.717, 1.165) is 6.54 Å². The molecular weight excluding hydrogens is 226 g/mol. The number of benzene rings is 1. The molecule has 0 heterocycles. The molecule has 0 bridgehead atoms. The van der Waals surface area contributed by atoms with Crippen molar-refractivity contribution in [1.82, 2.24) is 5.32 Å². The highest BCUT2D eigenvalue weighted by Crippen LogP contribution is 2.08. The lowest BCUT2D eigenvalue weighted by atomic mass is 10.1. The molecule has 1 aromatic rings. The maximum absolute atomic E-state index is 5.60. The normalized spacial score (nSPS) is 11.8. The molecule has 3 nitrogen and oxygen atoms in total. The van der Waals surface area contributed by atoms with Crippen LogP contribution in [0.1, 0.15) is 31.9 Å². The van der Waals surface area contributed by atoms with Crippen LogP contribution in [0, 0.1) is 0 Å². The van der Waals surface area contributed by atoms with Gasteiger partial charge in [0.1, 0.15) is 0 Å². The molecule has 0 amide bonds. The van der Waals surface area contributed by atoms with E-state index in [4.69, 9.17) is 9.47 Å². The molecule has 1 rings (SSSR count). The smallest absolute Gasteiger partial charge is 0.0718 e. The van der Waals surface area contributed by atoms with E-state index in [1.54, 1.807) is 0 Å². The van der Waals surface area contributed by atoms with E-state index in [0.29, 0.717) is 19.8 Å². The second-order valence-corrected chi connectivity index (χ2v) is 5.36. The average Bonchev–Trinajstić information content (AvgIpc) is 2.28. The average molecular weight is 251 g/mol. The first-order valence-electron chi connectivity index (χ1n) is 6.45. The highest BCUT2D eigenvalue weighted by atomic mass is 16.5. The molecule has 1 N–H and O–H groups in total. The Bertz CT molecular complexity index is 345. The molecule has 0 fully saturated rings. The van der Waals surface area contributed by atoms with Gasteiger partial charge in [0.15, 0.2) is 0 Å². The lowest BCUT2D eigenvalue weighted by molar-refractivity contribution is -0.0376. The van der Waals surface area contributed by atoms with Crippen molar-refractivity contribution in [3.63, 3.8) is 0 Å². The molecule has 102 valence electrons. The molecule has 0 saturated heterocycles. The van der Waals surface area contributed by atoms with Crippen LogP contribution in [0.2, 0.25) is 0 Å². The zero-order valence-corrected chi connectivity index (χ0v) is 12.0. The number of rotatable bonds is 7. The van der Waals surface area contributed by atoms with Crippen molar-refractivity contribution < 1.29 is 9.47 Å². The fourth-order valence-electron chi connectivity index (χ4n) is 1.63. The molecular formula is C15H25NO2. The highest BCUT2D eigenvalue weighted by Gasteiger charge is 2.08. The Morgan fingerprint density at radius 2 is 1.83 bits per heavy atom. The third-order valence-electron chi connectivity index (χ3n) is 2.40. The van der Waals surface area contributed by atoms with Crippen LogP contribution in [-0.4, -0.2) is 25.9 Å². The van der Waals surface area contributed by atoms with Crippen molar-refractivity contribution in [3.05, 3.63) is 35.4 Å². The number of hydrogen-bond acceptors (Lipinski definition) is 3. The van der Waals surface area contributed by atoms with Crippen molar-refractivity contribution in [3.8, 4) is 0 Å². The van der Waals surface area contributed by atoms with Gasteiger partial charge in [-0.1, -0.05) is 24.3 Å². The summed E-state index contributed by atoms with van der Waals surface area (Å²) in [5.41, 5.74) is 2.40. The molecule has 0 aromatic heterocycles. The summed E-state index contributed by atoms with van der Waals surface area (Å²) in [5.74, 6) is 0. The lowest BCUT2D eigenvalue weighted by Crippen LogP contribution is -2.21. The molecule has 0 atom stereocenters. The largest absolute Gasteiger partial charge is 0.374 e. The predicted octanol–water partition coefficient (Wildman–Crippen LogP) is 2.74. The summed E-state index contributed by atoms with van der Waals surface area (Å²) in [6, 6.07) is 8.44. The second-order valence-electron chi connectivity index (χ2n) is 5.36. The Morgan fingerprint density at radius 1 is 1.11 bits per heavy atom. The fourth-order valence-corrected chi connectivity index (χ4v) is 1.63. The zero-order valence-electron chi connectivity index (χ0n) is 12.0. The van der Waals surface area contributed by atoms with Crippen LogP contribution in [0.25, 0.3) is 0 Å². The van der Waals surface area contributed by atoms with Crippen LogP contribution >= 0.6 is 0 Å². The van der Waals surface area contributed by atoms with Crippen molar-refractivity contribution in [2.75, 3.05) is 20.3 Å². The monoisotopic (exact) mass is 251 g/mol. The molecule has 0 spiro atoms. The minimum Gasteiger partial charge on any atom is -0.374 e. The number of nitrogens with one attached hydrogen (secondary N) is 1. The quantitative estimate of drug-likeness (QED) is 0.756. The third-order valence-corrected chi connectivity index (χ3v) is 2.40. The molecule has 0 aliphatic heterocycles. The molecule has 0 saturated carbocycles. The summed E-state index contributed by atoms with van der Waals surface area (Å²) < 4.78 is 11.2. The van der Waals surface area contributed by atoms with E-state index in [9.17, 15) is 0 Å². The van der Waals surface area contributed by atoms with E-state index in [2.05, 4.69) is 29.6 Å². The van der Waals surface area contributed by atoms with Gasteiger partial charge in [0.05, 0.1) is 25.4 Å². The topological polar surface area (TPSA) is 30.5 Å².